The molecule has 0 bridgehead atoms. The number of carbonyl (C=O) groups excluding carboxylic acids is 1. The van der Waals surface area contributed by atoms with Crippen LogP contribution < -0.4 is 17.2 Å². The lowest BCUT2D eigenvalue weighted by molar-refractivity contribution is -0.164. The summed E-state index contributed by atoms with van der Waals surface area (Å²) in [5.41, 5.74) is 9.59. The number of aliphatic hydroxyl groups is 1. The molecule has 5 heterocycles. The van der Waals surface area contributed by atoms with Gasteiger partial charge < -0.3 is 54.4 Å². The Labute approximate surface area is 348 Å². The number of rotatable bonds is 16. The van der Waals surface area contributed by atoms with E-state index in [1.165, 1.54) is 40.3 Å². The number of nitrogens with zero attached hydrogens (tertiary/aromatic N) is 6. The van der Waals surface area contributed by atoms with Crippen molar-refractivity contribution in [2.45, 2.75) is 119 Å². The highest BCUT2D eigenvalue weighted by Crippen LogP contribution is 2.56. The fourth-order valence-electron chi connectivity index (χ4n) is 5.92. The number of phosphoric acid groups is 1. The molecule has 3 aromatic heterocycles. The summed E-state index contributed by atoms with van der Waals surface area (Å²) in [7, 11) is -9.60. The molecule has 0 amide bonds. The molecule has 2 aliphatic heterocycles. The zero-order valence-corrected chi connectivity index (χ0v) is 38.1. The zero-order chi connectivity index (χ0) is 43.9. The molecule has 0 spiro atoms. The topological polar surface area (TPSA) is 318 Å². The fraction of sp³-hybridized carbons (Fsp3) is 0.688. The van der Waals surface area contributed by atoms with Crippen LogP contribution in [-0.4, -0.2) is 123 Å². The molecule has 0 aliphatic carbocycles. The Hall–Kier alpha value is -2.48. The molecule has 22 nitrogen and oxygen atoms in total. The maximum absolute atomic E-state index is 14.2. The van der Waals surface area contributed by atoms with Crippen LogP contribution in [0.5, 0.6) is 0 Å². The van der Waals surface area contributed by atoms with Crippen molar-refractivity contribution in [2.75, 3.05) is 30.4 Å². The number of aliphatic hydroxyl groups excluding tert-OH is 1. The van der Waals surface area contributed by atoms with Gasteiger partial charge in [0.2, 0.25) is 0 Å². The SMILES string of the molecule is CC(C)(C)SSCC(O[Si](C)(C)C(C)(C)C)C(=O)O[C@@H]1C(COP(=O)(O)[C@H]2C[C@H](n3ccc(N)nc3=O)O[C@@H]2COP(=O)(O)O)O[C@@H](n2cnc3c(N)ncnc32)[C@@H]1O. The first-order valence-corrected chi connectivity index (χ1v) is 26.7. The first-order chi connectivity index (χ1) is 27.2. The van der Waals surface area contributed by atoms with E-state index in [1.807, 2.05) is 54.6 Å². The molecule has 0 saturated carbocycles. The Balaban J connectivity index is 1.44. The predicted molar refractivity (Wildman–Crippen MR) is 220 cm³/mol. The van der Waals surface area contributed by atoms with Gasteiger partial charge in [-0.3, -0.25) is 18.2 Å². The summed E-state index contributed by atoms with van der Waals surface area (Å²) in [6, 6.07) is 1.29. The van der Waals surface area contributed by atoms with Crippen molar-refractivity contribution in [3.8, 4) is 0 Å². The maximum Gasteiger partial charge on any atom is 0.469 e. The second kappa shape index (κ2) is 18.1. The van der Waals surface area contributed by atoms with Crippen molar-refractivity contribution < 1.29 is 61.4 Å². The van der Waals surface area contributed by atoms with E-state index < -0.39 is 97.2 Å². The Morgan fingerprint density at radius 1 is 1.03 bits per heavy atom. The van der Waals surface area contributed by atoms with Crippen LogP contribution in [0.2, 0.25) is 18.1 Å². The smallest absolute Gasteiger partial charge is 0.455 e. The molecular weight excluding hydrogens is 875 g/mol. The minimum Gasteiger partial charge on any atom is -0.455 e. The first-order valence-electron chi connectivity index (χ1n) is 18.3. The summed E-state index contributed by atoms with van der Waals surface area (Å²) in [4.78, 5) is 73.1. The molecule has 3 unspecified atom stereocenters. The number of imidazole rings is 1. The molecule has 27 heteroatoms. The molecule has 330 valence electrons. The molecular formula is C32H52N8O14P2S2Si. The normalized spacial score (nSPS) is 25.9. The van der Waals surface area contributed by atoms with E-state index in [-0.39, 0.29) is 44.8 Å². The number of esters is 1. The minimum absolute atomic E-state index is 0.0490. The highest BCUT2D eigenvalue weighted by molar-refractivity contribution is 8.77. The fourth-order valence-corrected chi connectivity index (χ4v) is 11.6. The summed E-state index contributed by atoms with van der Waals surface area (Å²) >= 11 is 0. The van der Waals surface area contributed by atoms with E-state index in [9.17, 15) is 38.5 Å². The van der Waals surface area contributed by atoms with Gasteiger partial charge in [-0.25, -0.2) is 29.1 Å². The van der Waals surface area contributed by atoms with Crippen molar-refractivity contribution in [1.82, 2.24) is 29.1 Å². The third kappa shape index (κ3) is 11.7. The van der Waals surface area contributed by atoms with E-state index in [0.29, 0.717) is 0 Å². The van der Waals surface area contributed by atoms with Gasteiger partial charge in [0.25, 0.3) is 0 Å². The van der Waals surface area contributed by atoms with Gasteiger partial charge in [0.1, 0.15) is 36.1 Å². The van der Waals surface area contributed by atoms with Crippen LogP contribution in [0, 0.1) is 0 Å². The molecule has 2 fully saturated rings. The maximum atomic E-state index is 14.2. The standard InChI is InChI=1S/C32H52N8O14P2S2Si/c1-31(2,3)58-57-14-19(54-59(7,8)32(4,5)6)29(42)53-25-18(52-28(24(25)41)40-16-37-23-26(34)35-15-36-27(23)40)13-49-55(44,45)20-11-22(39-10-9-21(33)38-30(39)43)51-17(20)12-50-56(46,47)48/h9-10,15-20,22,24-25,28,41H,11-14H2,1-8H3,(H,44,45)(H2,33,38,43)(H2,34,35,36)(H2,46,47,48)/t17-,18?,19?,20+,22-,24-,25-,28-/m1/s1. The monoisotopic (exact) mass is 926 g/mol. The van der Waals surface area contributed by atoms with Crippen molar-refractivity contribution in [1.29, 1.82) is 0 Å². The third-order valence-corrected chi connectivity index (χ3v) is 20.1. The van der Waals surface area contributed by atoms with Crippen LogP contribution in [0.25, 0.3) is 11.2 Å². The predicted octanol–water partition coefficient (Wildman–Crippen LogP) is 2.96. The summed E-state index contributed by atoms with van der Waals surface area (Å²) < 4.78 is 62.8. The van der Waals surface area contributed by atoms with E-state index in [1.54, 1.807) is 10.8 Å². The number of nitrogen functional groups attached to an aromatic ring is 2. The Kier molecular flexibility index (Phi) is 14.6. The molecule has 0 radical (unpaired) electrons. The van der Waals surface area contributed by atoms with Crippen LogP contribution in [0.15, 0.2) is 29.7 Å². The molecule has 5 rings (SSSR count). The number of carbonyl (C=O) groups is 1. The lowest BCUT2D eigenvalue weighted by Crippen LogP contribution is -2.49. The number of fused-ring (bicyclic) bond motifs is 1. The first kappa shape index (κ1) is 47.6. The Morgan fingerprint density at radius 2 is 1.71 bits per heavy atom. The van der Waals surface area contributed by atoms with Gasteiger partial charge in [0.15, 0.2) is 38.2 Å². The number of phosphoric ester groups is 1. The molecule has 2 saturated heterocycles. The average Bonchev–Trinajstić information content (AvgIpc) is 3.81. The van der Waals surface area contributed by atoms with Crippen LogP contribution in [0.4, 0.5) is 11.6 Å². The quantitative estimate of drug-likeness (QED) is 0.0520. The van der Waals surface area contributed by atoms with Crippen LogP contribution >= 0.6 is 37.0 Å². The largest absolute Gasteiger partial charge is 0.469 e. The van der Waals surface area contributed by atoms with Gasteiger partial charge in [-0.15, -0.1) is 0 Å². The molecule has 8 N–H and O–H groups in total. The number of ether oxygens (including phenoxy) is 3. The lowest BCUT2D eigenvalue weighted by atomic mass is 10.1. The van der Waals surface area contributed by atoms with E-state index in [4.69, 9.17) is 34.6 Å². The van der Waals surface area contributed by atoms with E-state index in [2.05, 4.69) is 24.5 Å². The van der Waals surface area contributed by atoms with Crippen molar-refractivity contribution in [3.63, 3.8) is 0 Å². The number of hydrogen-bond acceptors (Lipinski definition) is 19. The second-order valence-electron chi connectivity index (χ2n) is 16.5. The van der Waals surface area contributed by atoms with E-state index >= 15 is 0 Å². The van der Waals surface area contributed by atoms with Crippen molar-refractivity contribution in [2.24, 2.45) is 0 Å². The summed E-state index contributed by atoms with van der Waals surface area (Å²) in [6.07, 6.45) is -6.34. The van der Waals surface area contributed by atoms with Crippen LogP contribution in [0.1, 0.15) is 60.4 Å². The Bertz CT molecular complexity index is 2130. The zero-order valence-electron chi connectivity index (χ0n) is 33.7. The summed E-state index contributed by atoms with van der Waals surface area (Å²) in [6.45, 7) is 14.5. The van der Waals surface area contributed by atoms with E-state index in [0.717, 1.165) is 4.57 Å². The van der Waals surface area contributed by atoms with Gasteiger partial charge in [-0.2, -0.15) is 4.98 Å². The highest BCUT2D eigenvalue weighted by Gasteiger charge is 2.53. The molecule has 2 aliphatic rings. The van der Waals surface area contributed by atoms with Crippen LogP contribution in [-0.2, 0) is 41.6 Å². The highest BCUT2D eigenvalue weighted by atomic mass is 33.1. The minimum atomic E-state index is -5.09. The van der Waals surface area contributed by atoms with Gasteiger partial charge >= 0.3 is 27.1 Å². The lowest BCUT2D eigenvalue weighted by Gasteiger charge is -2.39. The molecule has 0 aromatic carbocycles. The second-order valence-corrected chi connectivity index (χ2v) is 27.7. The van der Waals surface area contributed by atoms with Gasteiger partial charge in [-0.05, 0) is 24.2 Å². The van der Waals surface area contributed by atoms with Gasteiger partial charge in [0.05, 0.1) is 31.3 Å². The molecule has 59 heavy (non-hydrogen) atoms. The summed E-state index contributed by atoms with van der Waals surface area (Å²) in [5, 5.41) is 11.5. The molecule has 3 aromatic rings. The summed E-state index contributed by atoms with van der Waals surface area (Å²) in [5.74, 6) is -0.657. The average molecular weight is 927 g/mol. The van der Waals surface area contributed by atoms with Crippen LogP contribution in [0.3, 0.4) is 0 Å². The number of aromatic nitrogens is 6. The third-order valence-electron chi connectivity index (χ3n) is 9.87. The van der Waals surface area contributed by atoms with Crippen molar-refractivity contribution >= 4 is 74.1 Å². The molecule has 9 atom stereocenters. The number of hydrogen-bond donors (Lipinski definition) is 6. The Morgan fingerprint density at radius 3 is 2.34 bits per heavy atom. The van der Waals surface area contributed by atoms with Gasteiger partial charge in [-0.1, -0.05) is 63.1 Å². The number of nitrogens with two attached hydrogens (primary N) is 2. The van der Waals surface area contributed by atoms with Crippen molar-refractivity contribution in [3.05, 3.63) is 35.4 Å². The number of anilines is 2. The van der Waals surface area contributed by atoms with Gasteiger partial charge in [0, 0.05) is 23.1 Å².